The van der Waals surface area contributed by atoms with Crippen molar-refractivity contribution in [1.29, 1.82) is 0 Å². The van der Waals surface area contributed by atoms with Crippen LogP contribution in [0.15, 0.2) is 41.3 Å². The van der Waals surface area contributed by atoms with Crippen molar-refractivity contribution in [3.63, 3.8) is 0 Å². The number of benzene rings is 2. The zero-order valence-corrected chi connectivity index (χ0v) is 20.0. The van der Waals surface area contributed by atoms with Crippen LogP contribution in [0.5, 0.6) is 0 Å². The van der Waals surface area contributed by atoms with E-state index in [0.717, 1.165) is 19.2 Å². The SMILES string of the molecule is COC(=O)c1cccc(S(=O)(=O)Nc2nc(Cl)c(C)c(-c3c(C)ccc(C(F)(F)F)c3C)n2)c1. The highest BCUT2D eigenvalue weighted by Crippen LogP contribution is 2.39. The summed E-state index contributed by atoms with van der Waals surface area (Å²) in [4.78, 5) is 19.6. The average Bonchev–Trinajstić information content (AvgIpc) is 2.75. The van der Waals surface area contributed by atoms with E-state index in [1.54, 1.807) is 6.92 Å². The van der Waals surface area contributed by atoms with Crippen molar-refractivity contribution in [3.8, 4) is 11.3 Å². The molecular formula is C22H19ClF3N3O4S. The lowest BCUT2D eigenvalue weighted by Crippen LogP contribution is -2.17. The first-order chi connectivity index (χ1) is 15.8. The number of halogens is 4. The molecule has 2 aromatic carbocycles. The molecule has 12 heteroatoms. The third kappa shape index (κ3) is 5.00. The van der Waals surface area contributed by atoms with Gasteiger partial charge in [0.2, 0.25) is 5.95 Å². The molecule has 0 radical (unpaired) electrons. The summed E-state index contributed by atoms with van der Waals surface area (Å²) in [6, 6.07) is 7.36. The highest BCUT2D eigenvalue weighted by Gasteiger charge is 2.34. The van der Waals surface area contributed by atoms with E-state index >= 15 is 0 Å². The molecule has 7 nitrogen and oxygen atoms in total. The van der Waals surface area contributed by atoms with Gasteiger partial charge in [-0.3, -0.25) is 0 Å². The number of aromatic nitrogens is 2. The fraction of sp³-hybridized carbons (Fsp3) is 0.227. The minimum absolute atomic E-state index is 0.00383. The van der Waals surface area contributed by atoms with Gasteiger partial charge in [0.25, 0.3) is 10.0 Å². The van der Waals surface area contributed by atoms with Crippen molar-refractivity contribution in [2.75, 3.05) is 11.8 Å². The number of sulfonamides is 1. The molecule has 3 rings (SSSR count). The zero-order chi connectivity index (χ0) is 25.4. The monoisotopic (exact) mass is 513 g/mol. The maximum atomic E-state index is 13.5. The summed E-state index contributed by atoms with van der Waals surface area (Å²) in [7, 11) is -3.12. The number of hydrogen-bond acceptors (Lipinski definition) is 6. The van der Waals surface area contributed by atoms with E-state index in [1.807, 2.05) is 0 Å². The van der Waals surface area contributed by atoms with E-state index < -0.39 is 33.7 Å². The van der Waals surface area contributed by atoms with Gasteiger partial charge in [-0.1, -0.05) is 23.7 Å². The Bertz CT molecular complexity index is 1390. The molecule has 0 aliphatic rings. The van der Waals surface area contributed by atoms with Crippen LogP contribution in [0.1, 0.15) is 32.6 Å². The van der Waals surface area contributed by atoms with E-state index in [1.165, 1.54) is 38.1 Å². The van der Waals surface area contributed by atoms with Gasteiger partial charge in [-0.05, 0) is 56.2 Å². The van der Waals surface area contributed by atoms with Gasteiger partial charge >= 0.3 is 12.1 Å². The Hall–Kier alpha value is -3.18. The van der Waals surface area contributed by atoms with Gasteiger partial charge in [0.05, 0.1) is 28.8 Å². The molecule has 0 aliphatic carbocycles. The number of ether oxygens (including phenoxy) is 1. The molecule has 0 saturated carbocycles. The smallest absolute Gasteiger partial charge is 0.416 e. The lowest BCUT2D eigenvalue weighted by molar-refractivity contribution is -0.138. The topological polar surface area (TPSA) is 98.2 Å². The van der Waals surface area contributed by atoms with Crippen molar-refractivity contribution < 1.29 is 31.1 Å². The van der Waals surface area contributed by atoms with Crippen molar-refractivity contribution in [1.82, 2.24) is 9.97 Å². The van der Waals surface area contributed by atoms with Gasteiger partial charge in [-0.15, -0.1) is 0 Å². The quantitative estimate of drug-likeness (QED) is 0.366. The Kier molecular flexibility index (Phi) is 6.90. The third-order valence-corrected chi connectivity index (χ3v) is 6.79. The van der Waals surface area contributed by atoms with Crippen LogP contribution in [-0.2, 0) is 20.9 Å². The van der Waals surface area contributed by atoms with Crippen LogP contribution in [-0.4, -0.2) is 31.5 Å². The molecule has 0 atom stereocenters. The van der Waals surface area contributed by atoms with E-state index in [0.29, 0.717) is 5.56 Å². The zero-order valence-electron chi connectivity index (χ0n) is 18.4. The fourth-order valence-corrected chi connectivity index (χ4v) is 4.54. The Morgan fingerprint density at radius 2 is 1.74 bits per heavy atom. The number of hydrogen-bond donors (Lipinski definition) is 1. The lowest BCUT2D eigenvalue weighted by Gasteiger charge is -2.18. The first-order valence-corrected chi connectivity index (χ1v) is 11.6. The predicted octanol–water partition coefficient (Wildman–Crippen LogP) is 5.33. The van der Waals surface area contributed by atoms with Crippen molar-refractivity contribution in [3.05, 3.63) is 69.4 Å². The molecule has 0 fully saturated rings. The predicted molar refractivity (Wildman–Crippen MR) is 120 cm³/mol. The average molecular weight is 514 g/mol. The third-order valence-electron chi connectivity index (χ3n) is 5.09. The fourth-order valence-electron chi connectivity index (χ4n) is 3.38. The summed E-state index contributed by atoms with van der Waals surface area (Å²) in [6.45, 7) is 4.44. The molecule has 1 heterocycles. The van der Waals surface area contributed by atoms with Crippen LogP contribution in [0.25, 0.3) is 11.3 Å². The minimum atomic E-state index is -4.59. The Morgan fingerprint density at radius 3 is 2.35 bits per heavy atom. The van der Waals surface area contributed by atoms with Crippen LogP contribution in [0.2, 0.25) is 5.15 Å². The molecule has 1 aromatic heterocycles. The maximum absolute atomic E-state index is 13.5. The molecular weight excluding hydrogens is 495 g/mol. The second kappa shape index (κ2) is 9.22. The first kappa shape index (κ1) is 25.4. The Balaban J connectivity index is 2.12. The molecule has 0 saturated heterocycles. The molecule has 0 aliphatic heterocycles. The number of nitrogens with zero attached hydrogens (tertiary/aromatic N) is 2. The highest BCUT2D eigenvalue weighted by molar-refractivity contribution is 7.92. The molecule has 0 amide bonds. The van der Waals surface area contributed by atoms with Crippen LogP contribution in [0.3, 0.4) is 0 Å². The Morgan fingerprint density at radius 1 is 1.06 bits per heavy atom. The second-order valence-corrected chi connectivity index (χ2v) is 9.40. The number of carbonyl (C=O) groups excluding carboxylic acids is 1. The van der Waals surface area contributed by atoms with Crippen molar-refractivity contribution in [2.24, 2.45) is 0 Å². The van der Waals surface area contributed by atoms with Gasteiger partial charge < -0.3 is 4.74 Å². The molecule has 34 heavy (non-hydrogen) atoms. The van der Waals surface area contributed by atoms with Crippen LogP contribution >= 0.6 is 11.6 Å². The van der Waals surface area contributed by atoms with Crippen LogP contribution in [0.4, 0.5) is 19.1 Å². The van der Waals surface area contributed by atoms with Crippen molar-refractivity contribution in [2.45, 2.75) is 31.8 Å². The summed E-state index contributed by atoms with van der Waals surface area (Å²) in [6.07, 6.45) is -4.59. The number of aryl methyl sites for hydroxylation is 1. The molecule has 1 N–H and O–H groups in total. The number of methoxy groups -OCH3 is 1. The number of anilines is 1. The molecule has 0 bridgehead atoms. The number of alkyl halides is 3. The normalized spacial score (nSPS) is 11.9. The van der Waals surface area contributed by atoms with Gasteiger partial charge in [-0.25, -0.2) is 22.9 Å². The van der Waals surface area contributed by atoms with Gasteiger partial charge in [-0.2, -0.15) is 18.2 Å². The summed E-state index contributed by atoms with van der Waals surface area (Å²) in [5, 5.41) is -0.137. The van der Waals surface area contributed by atoms with Gasteiger partial charge in [0.1, 0.15) is 5.15 Å². The molecule has 3 aromatic rings. The minimum Gasteiger partial charge on any atom is -0.465 e. The number of rotatable bonds is 5. The lowest BCUT2D eigenvalue weighted by atomic mass is 9.93. The highest BCUT2D eigenvalue weighted by atomic mass is 35.5. The summed E-state index contributed by atoms with van der Waals surface area (Å²) in [5.74, 6) is -1.17. The summed E-state index contributed by atoms with van der Waals surface area (Å²) < 4.78 is 73.0. The second-order valence-electron chi connectivity index (χ2n) is 7.36. The number of carbonyl (C=O) groups is 1. The van der Waals surface area contributed by atoms with E-state index in [2.05, 4.69) is 19.4 Å². The van der Waals surface area contributed by atoms with Gasteiger partial charge in [0.15, 0.2) is 0 Å². The van der Waals surface area contributed by atoms with E-state index in [4.69, 9.17) is 11.6 Å². The van der Waals surface area contributed by atoms with E-state index in [9.17, 15) is 26.4 Å². The molecule has 0 spiro atoms. The molecule has 180 valence electrons. The molecule has 0 unspecified atom stereocenters. The van der Waals surface area contributed by atoms with Crippen LogP contribution < -0.4 is 4.72 Å². The largest absolute Gasteiger partial charge is 0.465 e. The van der Waals surface area contributed by atoms with Gasteiger partial charge in [0, 0.05) is 11.1 Å². The first-order valence-electron chi connectivity index (χ1n) is 9.69. The number of esters is 1. The maximum Gasteiger partial charge on any atom is 0.416 e. The number of nitrogens with one attached hydrogen (secondary N) is 1. The Labute approximate surface area is 199 Å². The summed E-state index contributed by atoms with van der Waals surface area (Å²) in [5.41, 5.74) is 0.0794. The van der Waals surface area contributed by atoms with Crippen molar-refractivity contribution >= 4 is 33.5 Å². The standard InChI is InChI=1S/C22H19ClF3N3O4S/c1-11-8-9-16(22(24,25)26)12(2)17(11)18-13(3)19(23)28-21(27-18)29-34(31,32)15-7-5-6-14(10-15)20(30)33-4/h5-10H,1-4H3,(H,27,28,29). The van der Waals surface area contributed by atoms with Crippen LogP contribution in [0, 0.1) is 20.8 Å². The summed E-state index contributed by atoms with van der Waals surface area (Å²) >= 11 is 6.19. The van der Waals surface area contributed by atoms with E-state index in [-0.39, 0.29) is 38.0 Å².